The van der Waals surface area contributed by atoms with Crippen molar-refractivity contribution < 1.29 is 19.0 Å². The van der Waals surface area contributed by atoms with Crippen molar-refractivity contribution in [2.45, 2.75) is 45.8 Å². The first-order valence-corrected chi connectivity index (χ1v) is 9.71. The Labute approximate surface area is 168 Å². The van der Waals surface area contributed by atoms with Gasteiger partial charge in [0.05, 0.1) is 20.3 Å². The molecule has 0 unspecified atom stereocenters. The van der Waals surface area contributed by atoms with Gasteiger partial charge < -0.3 is 19.5 Å². The standard InChI is InChI=1S/C23H31NO4/c1-6-22(28-20-13-11-19(27-5)12-14-20)23(25)24-21(15-16(2)3)17-7-9-18(26-4)10-8-17/h7-14,16,21-22H,6,15H2,1-5H3,(H,24,25)/t21-,22-/m0/s1. The van der Waals surface area contributed by atoms with Crippen LogP contribution in [-0.4, -0.2) is 26.2 Å². The number of nitrogens with one attached hydrogen (secondary N) is 1. The summed E-state index contributed by atoms with van der Waals surface area (Å²) in [4.78, 5) is 12.9. The van der Waals surface area contributed by atoms with Gasteiger partial charge >= 0.3 is 0 Å². The van der Waals surface area contributed by atoms with Gasteiger partial charge in [0, 0.05) is 0 Å². The summed E-state index contributed by atoms with van der Waals surface area (Å²) in [5.41, 5.74) is 1.06. The Kier molecular flexibility index (Phi) is 8.18. The van der Waals surface area contributed by atoms with Crippen molar-refractivity contribution in [1.82, 2.24) is 5.32 Å². The molecule has 0 fully saturated rings. The number of ether oxygens (including phenoxy) is 3. The molecule has 2 rings (SSSR count). The van der Waals surface area contributed by atoms with E-state index in [1.54, 1.807) is 14.2 Å². The van der Waals surface area contributed by atoms with Gasteiger partial charge in [-0.2, -0.15) is 0 Å². The quantitative estimate of drug-likeness (QED) is 0.640. The molecule has 0 aliphatic rings. The Morgan fingerprint density at radius 2 is 1.39 bits per heavy atom. The van der Waals surface area contributed by atoms with Gasteiger partial charge in [-0.25, -0.2) is 0 Å². The smallest absolute Gasteiger partial charge is 0.261 e. The molecule has 28 heavy (non-hydrogen) atoms. The van der Waals surface area contributed by atoms with E-state index >= 15 is 0 Å². The molecule has 0 saturated carbocycles. The van der Waals surface area contributed by atoms with E-state index in [2.05, 4.69) is 19.2 Å². The lowest BCUT2D eigenvalue weighted by atomic mass is 9.96. The van der Waals surface area contributed by atoms with Crippen LogP contribution in [0.3, 0.4) is 0 Å². The fraction of sp³-hybridized carbons (Fsp3) is 0.435. The van der Waals surface area contributed by atoms with Gasteiger partial charge in [-0.05, 0) is 60.7 Å². The van der Waals surface area contributed by atoms with Crippen molar-refractivity contribution in [2.24, 2.45) is 5.92 Å². The van der Waals surface area contributed by atoms with E-state index in [4.69, 9.17) is 14.2 Å². The van der Waals surface area contributed by atoms with Gasteiger partial charge in [0.1, 0.15) is 17.2 Å². The molecule has 5 nitrogen and oxygen atoms in total. The summed E-state index contributed by atoms with van der Waals surface area (Å²) < 4.78 is 16.3. The van der Waals surface area contributed by atoms with Crippen molar-refractivity contribution in [1.29, 1.82) is 0 Å². The minimum atomic E-state index is -0.554. The summed E-state index contributed by atoms with van der Waals surface area (Å²) >= 11 is 0. The van der Waals surface area contributed by atoms with E-state index in [9.17, 15) is 4.79 Å². The normalized spacial score (nSPS) is 12.9. The third-order valence-corrected chi connectivity index (χ3v) is 4.54. The highest BCUT2D eigenvalue weighted by Gasteiger charge is 2.23. The Morgan fingerprint density at radius 3 is 1.86 bits per heavy atom. The maximum absolute atomic E-state index is 12.9. The first kappa shape index (κ1) is 21.6. The molecule has 1 N–H and O–H groups in total. The predicted octanol–water partition coefficient (Wildman–Crippen LogP) is 4.76. The average molecular weight is 386 g/mol. The molecular weight excluding hydrogens is 354 g/mol. The maximum Gasteiger partial charge on any atom is 0.261 e. The van der Waals surface area contributed by atoms with Gasteiger partial charge in [0.2, 0.25) is 0 Å². The molecule has 2 atom stereocenters. The fourth-order valence-electron chi connectivity index (χ4n) is 2.99. The number of rotatable bonds is 10. The molecule has 0 bridgehead atoms. The van der Waals surface area contributed by atoms with Crippen LogP contribution in [0, 0.1) is 5.92 Å². The largest absolute Gasteiger partial charge is 0.497 e. The molecule has 2 aromatic carbocycles. The van der Waals surface area contributed by atoms with Crippen LogP contribution >= 0.6 is 0 Å². The molecule has 0 saturated heterocycles. The Balaban J connectivity index is 2.10. The zero-order chi connectivity index (χ0) is 20.5. The number of amides is 1. The molecule has 5 heteroatoms. The second-order valence-corrected chi connectivity index (χ2v) is 7.15. The van der Waals surface area contributed by atoms with Crippen molar-refractivity contribution >= 4 is 5.91 Å². The summed E-state index contributed by atoms with van der Waals surface area (Å²) in [6.07, 6.45) is 0.868. The van der Waals surface area contributed by atoms with Gasteiger partial charge in [-0.3, -0.25) is 4.79 Å². The third-order valence-electron chi connectivity index (χ3n) is 4.54. The number of methoxy groups -OCH3 is 2. The van der Waals surface area contributed by atoms with Crippen molar-refractivity contribution in [2.75, 3.05) is 14.2 Å². The average Bonchev–Trinajstić information content (AvgIpc) is 2.71. The predicted molar refractivity (Wildman–Crippen MR) is 111 cm³/mol. The molecule has 152 valence electrons. The molecule has 0 aliphatic heterocycles. The van der Waals surface area contributed by atoms with E-state index in [0.717, 1.165) is 23.5 Å². The highest BCUT2D eigenvalue weighted by atomic mass is 16.5. The minimum absolute atomic E-state index is 0.0769. The summed E-state index contributed by atoms with van der Waals surface area (Å²) in [5.74, 6) is 2.52. The van der Waals surface area contributed by atoms with Crippen LogP contribution in [0.4, 0.5) is 0 Å². The number of hydrogen-bond donors (Lipinski definition) is 1. The molecule has 2 aromatic rings. The molecular formula is C23H31NO4. The van der Waals surface area contributed by atoms with Crippen molar-refractivity contribution in [3.05, 3.63) is 54.1 Å². The van der Waals surface area contributed by atoms with Crippen LogP contribution < -0.4 is 19.5 Å². The van der Waals surface area contributed by atoms with E-state index in [1.165, 1.54) is 0 Å². The van der Waals surface area contributed by atoms with Crippen LogP contribution in [0.15, 0.2) is 48.5 Å². The van der Waals surface area contributed by atoms with Crippen LogP contribution in [0.25, 0.3) is 0 Å². The van der Waals surface area contributed by atoms with E-state index in [-0.39, 0.29) is 11.9 Å². The SMILES string of the molecule is CC[C@H](Oc1ccc(OC)cc1)C(=O)N[C@@H](CC(C)C)c1ccc(OC)cc1. The van der Waals surface area contributed by atoms with Gasteiger partial charge in [-0.15, -0.1) is 0 Å². The van der Waals surface area contributed by atoms with Crippen LogP contribution in [0.5, 0.6) is 17.2 Å². The van der Waals surface area contributed by atoms with E-state index in [0.29, 0.717) is 18.1 Å². The summed E-state index contributed by atoms with van der Waals surface area (Å²) in [7, 11) is 3.26. The molecule has 0 radical (unpaired) electrons. The van der Waals surface area contributed by atoms with E-state index < -0.39 is 6.10 Å². The molecule has 0 spiro atoms. The first-order chi connectivity index (χ1) is 13.5. The topological polar surface area (TPSA) is 56.8 Å². The van der Waals surface area contributed by atoms with Crippen molar-refractivity contribution in [3.8, 4) is 17.2 Å². The maximum atomic E-state index is 12.9. The number of benzene rings is 2. The second-order valence-electron chi connectivity index (χ2n) is 7.15. The Morgan fingerprint density at radius 1 is 0.893 bits per heavy atom. The first-order valence-electron chi connectivity index (χ1n) is 9.71. The Hall–Kier alpha value is -2.69. The second kappa shape index (κ2) is 10.6. The lowest BCUT2D eigenvalue weighted by Gasteiger charge is -2.24. The van der Waals surface area contributed by atoms with Crippen LogP contribution in [0.1, 0.15) is 45.2 Å². The zero-order valence-electron chi connectivity index (χ0n) is 17.4. The minimum Gasteiger partial charge on any atom is -0.497 e. The zero-order valence-corrected chi connectivity index (χ0v) is 17.4. The summed E-state index contributed by atoms with van der Waals surface area (Å²) in [6, 6.07) is 15.0. The Bertz CT molecular complexity index is 725. The molecule has 0 aliphatic carbocycles. The number of hydrogen-bond acceptors (Lipinski definition) is 4. The van der Waals surface area contributed by atoms with Gasteiger partial charge in [0.25, 0.3) is 5.91 Å². The third kappa shape index (κ3) is 6.19. The highest BCUT2D eigenvalue weighted by molar-refractivity contribution is 5.81. The molecule has 1 amide bonds. The number of carbonyl (C=O) groups excluding carboxylic acids is 1. The van der Waals surface area contributed by atoms with Crippen molar-refractivity contribution in [3.63, 3.8) is 0 Å². The van der Waals surface area contributed by atoms with Crippen LogP contribution in [0.2, 0.25) is 0 Å². The van der Waals surface area contributed by atoms with Gasteiger partial charge in [-0.1, -0.05) is 32.9 Å². The lowest BCUT2D eigenvalue weighted by molar-refractivity contribution is -0.129. The molecule has 0 heterocycles. The van der Waals surface area contributed by atoms with Gasteiger partial charge in [0.15, 0.2) is 6.10 Å². The summed E-state index contributed by atoms with van der Waals surface area (Å²) in [6.45, 7) is 6.24. The highest BCUT2D eigenvalue weighted by Crippen LogP contribution is 2.25. The van der Waals surface area contributed by atoms with Crippen LogP contribution in [-0.2, 0) is 4.79 Å². The summed E-state index contributed by atoms with van der Waals surface area (Å²) in [5, 5.41) is 3.17. The number of carbonyl (C=O) groups is 1. The molecule has 0 aromatic heterocycles. The monoisotopic (exact) mass is 385 g/mol. The fourth-order valence-corrected chi connectivity index (χ4v) is 2.99. The lowest BCUT2D eigenvalue weighted by Crippen LogP contribution is -2.40. The van der Waals surface area contributed by atoms with E-state index in [1.807, 2.05) is 55.5 Å².